The van der Waals surface area contributed by atoms with Gasteiger partial charge in [0.2, 0.25) is 0 Å². The first-order valence-corrected chi connectivity index (χ1v) is 17.3. The molecule has 8 aromatic carbocycles. The Balaban J connectivity index is 1.18. The molecular weight excluding hydrogens is 615 g/mol. The first-order chi connectivity index (χ1) is 24.3. The summed E-state index contributed by atoms with van der Waals surface area (Å²) < 4.78 is 2.63. The van der Waals surface area contributed by atoms with Crippen molar-refractivity contribution in [2.75, 3.05) is 0 Å². The summed E-state index contributed by atoms with van der Waals surface area (Å²) in [5, 5.41) is 10.1. The van der Waals surface area contributed by atoms with Gasteiger partial charge in [0.05, 0.1) is 0 Å². The Labute approximate surface area is 286 Å². The van der Waals surface area contributed by atoms with Crippen LogP contribution < -0.4 is 0 Å². The van der Waals surface area contributed by atoms with Gasteiger partial charge in [0, 0.05) is 36.9 Å². The Bertz CT molecular complexity index is 2860. The largest absolute Gasteiger partial charge is 0.208 e. The predicted octanol–water partition coefficient (Wildman–Crippen LogP) is 12.4. The van der Waals surface area contributed by atoms with Crippen molar-refractivity contribution in [3.8, 4) is 45.3 Å². The van der Waals surface area contributed by atoms with Crippen LogP contribution >= 0.6 is 11.3 Å². The normalized spacial score (nSPS) is 11.7. The van der Waals surface area contributed by atoms with Gasteiger partial charge in [-0.3, -0.25) is 0 Å². The minimum atomic E-state index is 0.652. The summed E-state index contributed by atoms with van der Waals surface area (Å²) >= 11 is 1.86. The predicted molar refractivity (Wildman–Crippen MR) is 207 cm³/mol. The van der Waals surface area contributed by atoms with Crippen molar-refractivity contribution in [3.63, 3.8) is 0 Å². The summed E-state index contributed by atoms with van der Waals surface area (Å²) in [4.78, 5) is 15.1. The SMILES string of the molecule is c1ccc(-c2ccc(-c3nc(-c4ccccc4)nc(-c4ccc5c(c4)c4ccccc4c4cc6c(cc54)sc4ccccc46)n3)cc2)cc1. The summed E-state index contributed by atoms with van der Waals surface area (Å²) in [5.74, 6) is 1.96. The minimum absolute atomic E-state index is 0.652. The molecule has 0 saturated carbocycles. The lowest BCUT2D eigenvalue weighted by molar-refractivity contribution is 1.07. The Hall–Kier alpha value is -6.23. The van der Waals surface area contributed by atoms with Gasteiger partial charge in [-0.2, -0.15) is 0 Å². The second-order valence-corrected chi connectivity index (χ2v) is 13.5. The van der Waals surface area contributed by atoms with Crippen molar-refractivity contribution in [3.05, 3.63) is 164 Å². The Morgan fingerprint density at radius 2 is 0.714 bits per heavy atom. The molecular formula is C45H27N3S. The number of aromatic nitrogens is 3. The number of nitrogens with zero attached hydrogens (tertiary/aromatic N) is 3. The van der Waals surface area contributed by atoms with Gasteiger partial charge in [-0.1, -0.05) is 140 Å². The van der Waals surface area contributed by atoms with E-state index in [0.717, 1.165) is 22.3 Å². The molecule has 0 radical (unpaired) electrons. The van der Waals surface area contributed by atoms with Gasteiger partial charge in [0.1, 0.15) is 0 Å². The van der Waals surface area contributed by atoms with Crippen LogP contribution in [0.25, 0.3) is 97.8 Å². The smallest absolute Gasteiger partial charge is 0.164 e. The number of hydrogen-bond acceptors (Lipinski definition) is 4. The number of thiophene rings is 1. The fraction of sp³-hybridized carbons (Fsp3) is 0. The van der Waals surface area contributed by atoms with Crippen LogP contribution in [0.2, 0.25) is 0 Å². The Morgan fingerprint density at radius 1 is 0.265 bits per heavy atom. The molecule has 0 aliphatic rings. The molecule has 0 aliphatic carbocycles. The number of hydrogen-bond donors (Lipinski definition) is 0. The molecule has 3 nitrogen and oxygen atoms in total. The molecule has 2 heterocycles. The zero-order chi connectivity index (χ0) is 32.3. The highest BCUT2D eigenvalue weighted by Crippen LogP contribution is 2.42. The van der Waals surface area contributed by atoms with Crippen LogP contribution in [-0.2, 0) is 0 Å². The van der Waals surface area contributed by atoms with E-state index >= 15 is 0 Å². The first-order valence-electron chi connectivity index (χ1n) is 16.4. The summed E-state index contributed by atoms with van der Waals surface area (Å²) in [7, 11) is 0. The van der Waals surface area contributed by atoms with Crippen molar-refractivity contribution in [2.24, 2.45) is 0 Å². The average Bonchev–Trinajstić information content (AvgIpc) is 3.55. The van der Waals surface area contributed by atoms with Gasteiger partial charge >= 0.3 is 0 Å². The molecule has 10 aromatic rings. The molecule has 0 spiro atoms. The lowest BCUT2D eigenvalue weighted by Gasteiger charge is -2.13. The molecule has 2 aromatic heterocycles. The average molecular weight is 642 g/mol. The van der Waals surface area contributed by atoms with Gasteiger partial charge in [-0.25, -0.2) is 15.0 Å². The number of benzene rings is 8. The second-order valence-electron chi connectivity index (χ2n) is 12.4. The van der Waals surface area contributed by atoms with E-state index in [1.54, 1.807) is 0 Å². The zero-order valence-electron chi connectivity index (χ0n) is 26.3. The highest BCUT2D eigenvalue weighted by atomic mass is 32.1. The highest BCUT2D eigenvalue weighted by molar-refractivity contribution is 7.25. The van der Waals surface area contributed by atoms with Gasteiger partial charge in [0.15, 0.2) is 17.5 Å². The van der Waals surface area contributed by atoms with Gasteiger partial charge in [0.25, 0.3) is 0 Å². The van der Waals surface area contributed by atoms with Crippen molar-refractivity contribution >= 4 is 63.8 Å². The van der Waals surface area contributed by atoms with Crippen LogP contribution in [0, 0.1) is 0 Å². The third kappa shape index (κ3) is 4.68. The van der Waals surface area contributed by atoms with Crippen LogP contribution in [0.1, 0.15) is 0 Å². The molecule has 0 atom stereocenters. The summed E-state index contributed by atoms with van der Waals surface area (Å²) in [6.07, 6.45) is 0. The summed E-state index contributed by atoms with van der Waals surface area (Å²) in [6, 6.07) is 58.0. The molecule has 0 bridgehead atoms. The summed E-state index contributed by atoms with van der Waals surface area (Å²) in [5.41, 5.74) is 5.20. The topological polar surface area (TPSA) is 38.7 Å². The van der Waals surface area contributed by atoms with Crippen molar-refractivity contribution < 1.29 is 0 Å². The molecule has 0 fully saturated rings. The Morgan fingerprint density at radius 3 is 1.41 bits per heavy atom. The van der Waals surface area contributed by atoms with Gasteiger partial charge in [-0.15, -0.1) is 11.3 Å². The van der Waals surface area contributed by atoms with Gasteiger partial charge in [-0.05, 0) is 67.7 Å². The maximum atomic E-state index is 5.10. The number of fused-ring (bicyclic) bond motifs is 9. The van der Waals surface area contributed by atoms with Crippen LogP contribution in [0.15, 0.2) is 164 Å². The third-order valence-electron chi connectivity index (χ3n) is 9.51. The molecule has 0 amide bonds. The molecule has 49 heavy (non-hydrogen) atoms. The Kier molecular flexibility index (Phi) is 6.36. The molecule has 0 aliphatic heterocycles. The lowest BCUT2D eigenvalue weighted by Crippen LogP contribution is -2.00. The van der Waals surface area contributed by atoms with Crippen molar-refractivity contribution in [1.82, 2.24) is 15.0 Å². The number of rotatable bonds is 4. The fourth-order valence-electron chi connectivity index (χ4n) is 7.10. The standard InChI is InChI=1S/C45H27N3S/c1-3-11-28(12-4-1)29-19-21-31(22-20-29)44-46-43(30-13-5-2-6-14-30)47-45(48-44)32-23-24-35-37(25-32)33-15-7-8-16-34(33)38-26-40-36-17-9-10-18-41(36)49-42(40)27-39(35)38/h1-27H. The van der Waals surface area contributed by atoms with Crippen molar-refractivity contribution in [1.29, 1.82) is 0 Å². The van der Waals surface area contributed by atoms with E-state index in [0.29, 0.717) is 17.5 Å². The first kappa shape index (κ1) is 27.8. The summed E-state index contributed by atoms with van der Waals surface area (Å²) in [6.45, 7) is 0. The van der Waals surface area contributed by atoms with E-state index in [4.69, 9.17) is 15.0 Å². The molecule has 228 valence electrons. The van der Waals surface area contributed by atoms with Crippen LogP contribution in [0.3, 0.4) is 0 Å². The minimum Gasteiger partial charge on any atom is -0.208 e. The molecule has 0 unspecified atom stereocenters. The van der Waals surface area contributed by atoms with Crippen molar-refractivity contribution in [2.45, 2.75) is 0 Å². The lowest BCUT2D eigenvalue weighted by atomic mass is 9.92. The fourth-order valence-corrected chi connectivity index (χ4v) is 8.23. The highest BCUT2D eigenvalue weighted by Gasteiger charge is 2.16. The molecule has 0 N–H and O–H groups in total. The van der Waals surface area contributed by atoms with Crippen LogP contribution in [0.4, 0.5) is 0 Å². The van der Waals surface area contributed by atoms with E-state index in [1.807, 2.05) is 35.6 Å². The molecule has 10 rings (SSSR count). The zero-order valence-corrected chi connectivity index (χ0v) is 27.2. The second kappa shape index (κ2) is 11.2. The van der Waals surface area contributed by atoms with Gasteiger partial charge < -0.3 is 0 Å². The van der Waals surface area contributed by atoms with E-state index in [1.165, 1.54) is 58.1 Å². The maximum absolute atomic E-state index is 5.10. The van der Waals surface area contributed by atoms with E-state index < -0.39 is 0 Å². The van der Waals surface area contributed by atoms with E-state index in [2.05, 4.69) is 140 Å². The molecule has 4 heteroatoms. The monoisotopic (exact) mass is 641 g/mol. The van der Waals surface area contributed by atoms with E-state index in [9.17, 15) is 0 Å². The molecule has 0 saturated heterocycles. The van der Waals surface area contributed by atoms with E-state index in [-0.39, 0.29) is 0 Å². The maximum Gasteiger partial charge on any atom is 0.164 e. The third-order valence-corrected chi connectivity index (χ3v) is 10.6. The van der Waals surface area contributed by atoms with Crippen LogP contribution in [0.5, 0.6) is 0 Å². The van der Waals surface area contributed by atoms with Crippen LogP contribution in [-0.4, -0.2) is 15.0 Å². The quantitative estimate of drug-likeness (QED) is 0.180.